The van der Waals surface area contributed by atoms with Crippen LogP contribution in [0.2, 0.25) is 0 Å². The second-order valence-electron chi connectivity index (χ2n) is 4.92. The molecule has 2 aromatic carbocycles. The fourth-order valence-corrected chi connectivity index (χ4v) is 2.88. The average molecular weight is 365 g/mol. The highest BCUT2D eigenvalue weighted by Gasteiger charge is 2.21. The Kier molecular flexibility index (Phi) is 6.51. The minimum absolute atomic E-state index is 0.0146. The van der Waals surface area contributed by atoms with E-state index >= 15 is 0 Å². The van der Waals surface area contributed by atoms with Gasteiger partial charge in [-0.1, -0.05) is 22.7 Å². The lowest BCUT2D eigenvalue weighted by Gasteiger charge is -2.14. The van der Waals surface area contributed by atoms with Crippen LogP contribution in [0.5, 0.6) is 5.75 Å². The van der Waals surface area contributed by atoms with Crippen molar-refractivity contribution < 1.29 is 27.5 Å². The van der Waals surface area contributed by atoms with E-state index in [0.29, 0.717) is 5.75 Å². The third-order valence-corrected chi connectivity index (χ3v) is 5.01. The zero-order chi connectivity index (χ0) is 18.3. The molecule has 0 spiro atoms. The molecule has 0 aromatic heterocycles. The largest absolute Gasteiger partial charge is 0.490 e. The number of sulfonamides is 1. The maximum Gasteiger partial charge on any atom is 0.338 e. The molecule has 0 saturated carbocycles. The lowest BCUT2D eigenvalue weighted by molar-refractivity contribution is -0.0258. The van der Waals surface area contributed by atoms with Gasteiger partial charge in [-0.25, -0.2) is 13.2 Å². The first-order chi connectivity index (χ1) is 11.9. The second-order valence-corrected chi connectivity index (χ2v) is 6.85. The molecule has 2 rings (SSSR count). The number of nitrogens with zero attached hydrogens (tertiary/aromatic N) is 1. The van der Waals surface area contributed by atoms with Gasteiger partial charge >= 0.3 is 5.97 Å². The predicted octanol–water partition coefficient (Wildman–Crippen LogP) is 2.10. The molecule has 0 radical (unpaired) electrons. The van der Waals surface area contributed by atoms with Crippen LogP contribution >= 0.6 is 0 Å². The SMILES string of the molecule is CON(C)S(=O)(=O)c1ccc(C(=O)OCCOc2ccccc2)cc1. The van der Waals surface area contributed by atoms with Crippen molar-refractivity contribution in [3.8, 4) is 5.75 Å². The van der Waals surface area contributed by atoms with Crippen molar-refractivity contribution in [2.24, 2.45) is 0 Å². The highest BCUT2D eigenvalue weighted by atomic mass is 32.2. The number of benzene rings is 2. The summed E-state index contributed by atoms with van der Waals surface area (Å²) in [4.78, 5) is 16.6. The number of carbonyl (C=O) groups is 1. The number of carbonyl (C=O) groups excluding carboxylic acids is 1. The Bertz CT molecular complexity index is 790. The van der Waals surface area contributed by atoms with Crippen LogP contribution in [-0.2, 0) is 19.6 Å². The van der Waals surface area contributed by atoms with Gasteiger partial charge in [0.15, 0.2) is 0 Å². The van der Waals surface area contributed by atoms with Crippen molar-refractivity contribution in [1.29, 1.82) is 0 Å². The standard InChI is InChI=1S/C17H19NO6S/c1-18(22-2)25(20,21)16-10-8-14(9-11-16)17(19)24-13-12-23-15-6-4-3-5-7-15/h3-11H,12-13H2,1-2H3. The molecule has 0 saturated heterocycles. The number of ether oxygens (including phenoxy) is 2. The molecule has 7 nitrogen and oxygen atoms in total. The van der Waals surface area contributed by atoms with Crippen molar-refractivity contribution in [2.45, 2.75) is 4.90 Å². The first-order valence-corrected chi connectivity index (χ1v) is 8.87. The van der Waals surface area contributed by atoms with E-state index in [1.54, 1.807) is 12.1 Å². The maximum atomic E-state index is 12.1. The van der Waals surface area contributed by atoms with Gasteiger partial charge in [-0.05, 0) is 36.4 Å². The molecule has 0 fully saturated rings. The molecule has 0 atom stereocenters. The molecule has 0 aliphatic heterocycles. The average Bonchev–Trinajstić information content (AvgIpc) is 2.65. The Morgan fingerprint density at radius 2 is 1.64 bits per heavy atom. The van der Waals surface area contributed by atoms with Gasteiger partial charge in [-0.2, -0.15) is 0 Å². The molecule has 0 aliphatic carbocycles. The van der Waals surface area contributed by atoms with Gasteiger partial charge in [-0.3, -0.25) is 4.84 Å². The smallest absolute Gasteiger partial charge is 0.338 e. The topological polar surface area (TPSA) is 82.1 Å². The fraction of sp³-hybridized carbons (Fsp3) is 0.235. The molecule has 25 heavy (non-hydrogen) atoms. The van der Waals surface area contributed by atoms with Crippen LogP contribution in [0.3, 0.4) is 0 Å². The van der Waals surface area contributed by atoms with Gasteiger partial charge in [-0.15, -0.1) is 0 Å². The lowest BCUT2D eigenvalue weighted by Crippen LogP contribution is -2.25. The highest BCUT2D eigenvalue weighted by Crippen LogP contribution is 2.15. The van der Waals surface area contributed by atoms with Crippen LogP contribution in [0, 0.1) is 0 Å². The van der Waals surface area contributed by atoms with Gasteiger partial charge in [0.25, 0.3) is 10.0 Å². The summed E-state index contributed by atoms with van der Waals surface area (Å²) < 4.78 is 35.4. The van der Waals surface area contributed by atoms with Crippen molar-refractivity contribution >= 4 is 16.0 Å². The summed E-state index contributed by atoms with van der Waals surface area (Å²) in [6.45, 7) is 0.307. The Morgan fingerprint density at radius 1 is 1.00 bits per heavy atom. The lowest BCUT2D eigenvalue weighted by atomic mass is 10.2. The number of rotatable bonds is 8. The minimum atomic E-state index is -3.74. The van der Waals surface area contributed by atoms with E-state index in [0.717, 1.165) is 4.47 Å². The summed E-state index contributed by atoms with van der Waals surface area (Å²) in [5.41, 5.74) is 0.249. The van der Waals surface area contributed by atoms with E-state index in [-0.39, 0.29) is 23.7 Å². The summed E-state index contributed by atoms with van der Waals surface area (Å²) >= 11 is 0. The predicted molar refractivity (Wildman–Crippen MR) is 90.6 cm³/mol. The van der Waals surface area contributed by atoms with E-state index in [1.807, 2.05) is 18.2 Å². The summed E-state index contributed by atoms with van der Waals surface area (Å²) in [5, 5.41) is 0. The van der Waals surface area contributed by atoms with E-state index in [1.165, 1.54) is 38.4 Å². The van der Waals surface area contributed by atoms with E-state index in [4.69, 9.17) is 9.47 Å². The molecule has 0 heterocycles. The van der Waals surface area contributed by atoms with Crippen LogP contribution in [0.25, 0.3) is 0 Å². The second kappa shape index (κ2) is 8.61. The molecular formula is C17H19NO6S. The van der Waals surface area contributed by atoms with Crippen molar-refractivity contribution in [3.05, 3.63) is 60.2 Å². The molecule has 0 aliphatic rings. The van der Waals surface area contributed by atoms with E-state index in [9.17, 15) is 13.2 Å². The first kappa shape index (κ1) is 18.9. The quantitative estimate of drug-likeness (QED) is 0.405. The number of esters is 1. The van der Waals surface area contributed by atoms with Gasteiger partial charge in [0.2, 0.25) is 0 Å². The monoisotopic (exact) mass is 365 g/mol. The number of hydrogen-bond donors (Lipinski definition) is 0. The molecule has 0 bridgehead atoms. The molecule has 2 aromatic rings. The van der Waals surface area contributed by atoms with Gasteiger partial charge in [0.1, 0.15) is 19.0 Å². The summed E-state index contributed by atoms with van der Waals surface area (Å²) in [7, 11) is -1.21. The van der Waals surface area contributed by atoms with Crippen LogP contribution in [0.1, 0.15) is 10.4 Å². The summed E-state index contributed by atoms with van der Waals surface area (Å²) in [6.07, 6.45) is 0. The summed E-state index contributed by atoms with van der Waals surface area (Å²) in [5.74, 6) is 0.135. The normalized spacial score (nSPS) is 11.3. The minimum Gasteiger partial charge on any atom is -0.490 e. The Labute approximate surface area is 146 Å². The Balaban J connectivity index is 1.88. The molecule has 8 heteroatoms. The Morgan fingerprint density at radius 3 is 2.24 bits per heavy atom. The molecule has 0 unspecified atom stereocenters. The van der Waals surface area contributed by atoms with Crippen LogP contribution in [0.15, 0.2) is 59.5 Å². The summed E-state index contributed by atoms with van der Waals surface area (Å²) in [6, 6.07) is 14.6. The van der Waals surface area contributed by atoms with E-state index in [2.05, 4.69) is 4.84 Å². The van der Waals surface area contributed by atoms with Crippen LogP contribution in [-0.4, -0.2) is 46.2 Å². The number of hydrogen-bond acceptors (Lipinski definition) is 6. The third-order valence-electron chi connectivity index (χ3n) is 3.31. The van der Waals surface area contributed by atoms with Crippen molar-refractivity contribution in [1.82, 2.24) is 4.47 Å². The van der Waals surface area contributed by atoms with Crippen LogP contribution in [0.4, 0.5) is 0 Å². The van der Waals surface area contributed by atoms with Crippen LogP contribution < -0.4 is 4.74 Å². The van der Waals surface area contributed by atoms with Gasteiger partial charge in [0, 0.05) is 7.05 Å². The zero-order valence-electron chi connectivity index (χ0n) is 13.9. The molecular weight excluding hydrogens is 346 g/mol. The fourth-order valence-electron chi connectivity index (χ4n) is 1.90. The van der Waals surface area contributed by atoms with Crippen molar-refractivity contribution in [3.63, 3.8) is 0 Å². The number of para-hydroxylation sites is 1. The van der Waals surface area contributed by atoms with Gasteiger partial charge in [0.05, 0.1) is 17.6 Å². The highest BCUT2D eigenvalue weighted by molar-refractivity contribution is 7.89. The molecule has 0 amide bonds. The van der Waals surface area contributed by atoms with E-state index < -0.39 is 16.0 Å². The van der Waals surface area contributed by atoms with Gasteiger partial charge < -0.3 is 9.47 Å². The third kappa shape index (κ3) is 5.02. The maximum absolute atomic E-state index is 12.1. The zero-order valence-corrected chi connectivity index (χ0v) is 14.7. The first-order valence-electron chi connectivity index (χ1n) is 7.43. The number of hydroxylamine groups is 1. The Hall–Kier alpha value is -2.42. The molecule has 0 N–H and O–H groups in total. The molecule has 134 valence electrons. The van der Waals surface area contributed by atoms with Crippen molar-refractivity contribution in [2.75, 3.05) is 27.4 Å².